The third-order valence-corrected chi connectivity index (χ3v) is 5.11. The van der Waals surface area contributed by atoms with E-state index in [0.29, 0.717) is 6.61 Å². The maximum Gasteiger partial charge on any atom is 0.414 e. The Kier molecular flexibility index (Phi) is 8.39. The number of hydrogen-bond donors (Lipinski definition) is 2. The van der Waals surface area contributed by atoms with Gasteiger partial charge in [-0.2, -0.15) is 0 Å². The molecule has 0 amide bonds. The molecule has 8 heteroatoms. The standard InChI is InChI=1S/C22H25N3O.C2H2O4/c1-2-13-24(14-3-1)16-19-4-6-20(7-5-19)17-26-22-10-8-21(9-11-22)25-15-12-23-18-25;3-1(4)2(5)6/h4-12,15,18H,1-3,13-14,16-17H2;(H,3,4)(H,5,6). The zero-order valence-electron chi connectivity index (χ0n) is 17.8. The van der Waals surface area contributed by atoms with Crippen molar-refractivity contribution in [1.82, 2.24) is 14.5 Å². The molecule has 0 aliphatic carbocycles. The Labute approximate surface area is 186 Å². The molecule has 1 aliphatic rings. The zero-order chi connectivity index (χ0) is 22.8. The number of rotatable bonds is 6. The number of benzene rings is 2. The quantitative estimate of drug-likeness (QED) is 0.568. The molecule has 0 spiro atoms. The highest BCUT2D eigenvalue weighted by Crippen LogP contribution is 2.18. The zero-order valence-corrected chi connectivity index (χ0v) is 17.8. The summed E-state index contributed by atoms with van der Waals surface area (Å²) >= 11 is 0. The molecule has 0 radical (unpaired) electrons. The highest BCUT2D eigenvalue weighted by molar-refractivity contribution is 6.27. The number of aromatic nitrogens is 2. The van der Waals surface area contributed by atoms with Crippen LogP contribution in [0.1, 0.15) is 30.4 Å². The van der Waals surface area contributed by atoms with Gasteiger partial charge in [0.05, 0.1) is 6.33 Å². The van der Waals surface area contributed by atoms with Crippen molar-refractivity contribution in [3.8, 4) is 11.4 Å². The van der Waals surface area contributed by atoms with Crippen LogP contribution in [0.3, 0.4) is 0 Å². The summed E-state index contributed by atoms with van der Waals surface area (Å²) in [4.78, 5) is 24.8. The second kappa shape index (κ2) is 11.7. The Hall–Kier alpha value is -3.65. The lowest BCUT2D eigenvalue weighted by molar-refractivity contribution is -0.159. The van der Waals surface area contributed by atoms with Crippen LogP contribution in [-0.4, -0.2) is 49.7 Å². The number of carbonyl (C=O) groups is 2. The Morgan fingerprint density at radius 1 is 0.875 bits per heavy atom. The van der Waals surface area contributed by atoms with Crippen molar-refractivity contribution in [2.24, 2.45) is 0 Å². The fourth-order valence-electron chi connectivity index (χ4n) is 3.41. The van der Waals surface area contributed by atoms with Crippen LogP contribution in [0.5, 0.6) is 5.75 Å². The Balaban J connectivity index is 0.000000427. The molecule has 0 saturated carbocycles. The van der Waals surface area contributed by atoms with Crippen molar-refractivity contribution >= 4 is 11.9 Å². The predicted molar refractivity (Wildman–Crippen MR) is 119 cm³/mol. The summed E-state index contributed by atoms with van der Waals surface area (Å²) in [6.07, 6.45) is 9.56. The van der Waals surface area contributed by atoms with E-state index in [4.69, 9.17) is 24.5 Å². The van der Waals surface area contributed by atoms with Crippen LogP contribution < -0.4 is 4.74 Å². The van der Waals surface area contributed by atoms with Crippen molar-refractivity contribution < 1.29 is 24.5 Å². The van der Waals surface area contributed by atoms with E-state index in [2.05, 4.69) is 34.1 Å². The Morgan fingerprint density at radius 3 is 2.06 bits per heavy atom. The number of likely N-dealkylation sites (tertiary alicyclic amines) is 1. The molecule has 0 unspecified atom stereocenters. The average Bonchev–Trinajstić information content (AvgIpc) is 3.35. The molecule has 1 aliphatic heterocycles. The lowest BCUT2D eigenvalue weighted by Crippen LogP contribution is -2.29. The first-order valence-corrected chi connectivity index (χ1v) is 10.5. The lowest BCUT2D eigenvalue weighted by atomic mass is 10.1. The van der Waals surface area contributed by atoms with Crippen molar-refractivity contribution in [3.63, 3.8) is 0 Å². The van der Waals surface area contributed by atoms with Gasteiger partial charge in [-0.25, -0.2) is 14.6 Å². The lowest BCUT2D eigenvalue weighted by Gasteiger charge is -2.26. The van der Waals surface area contributed by atoms with Gasteiger partial charge in [-0.1, -0.05) is 30.7 Å². The van der Waals surface area contributed by atoms with Crippen molar-refractivity contribution in [2.75, 3.05) is 13.1 Å². The monoisotopic (exact) mass is 437 g/mol. The molecule has 0 bridgehead atoms. The summed E-state index contributed by atoms with van der Waals surface area (Å²) in [5.74, 6) is -2.77. The molecular weight excluding hydrogens is 410 g/mol. The number of carboxylic acids is 2. The minimum atomic E-state index is -1.82. The summed E-state index contributed by atoms with van der Waals surface area (Å²) in [5, 5.41) is 14.8. The maximum atomic E-state index is 9.10. The van der Waals surface area contributed by atoms with Crippen LogP contribution in [0, 0.1) is 0 Å². The molecule has 2 heterocycles. The highest BCUT2D eigenvalue weighted by Gasteiger charge is 2.10. The molecule has 4 rings (SSSR count). The Bertz CT molecular complexity index is 967. The Morgan fingerprint density at radius 2 is 1.50 bits per heavy atom. The topological polar surface area (TPSA) is 105 Å². The van der Waals surface area contributed by atoms with Crippen molar-refractivity contribution in [3.05, 3.63) is 78.4 Å². The number of nitrogens with zero attached hydrogens (tertiary/aromatic N) is 3. The molecule has 1 fully saturated rings. The summed E-state index contributed by atoms with van der Waals surface area (Å²) < 4.78 is 7.90. The van der Waals surface area contributed by atoms with Gasteiger partial charge < -0.3 is 19.5 Å². The van der Waals surface area contributed by atoms with Gasteiger partial charge in [0.2, 0.25) is 0 Å². The van der Waals surface area contributed by atoms with E-state index in [1.165, 1.54) is 43.5 Å². The molecular formula is C24H27N3O5. The number of imidazole rings is 1. The minimum absolute atomic E-state index is 0.592. The van der Waals surface area contributed by atoms with Crippen LogP contribution in [0.15, 0.2) is 67.3 Å². The molecule has 32 heavy (non-hydrogen) atoms. The van der Waals surface area contributed by atoms with E-state index in [-0.39, 0.29) is 0 Å². The van der Waals surface area contributed by atoms with Crippen LogP contribution in [0.4, 0.5) is 0 Å². The number of hydrogen-bond acceptors (Lipinski definition) is 5. The molecule has 0 atom stereocenters. The first-order chi connectivity index (χ1) is 15.5. The van der Waals surface area contributed by atoms with Gasteiger partial charge in [-0.15, -0.1) is 0 Å². The van der Waals surface area contributed by atoms with Crippen molar-refractivity contribution in [1.29, 1.82) is 0 Å². The van der Waals surface area contributed by atoms with Gasteiger partial charge in [-0.05, 0) is 61.3 Å². The van der Waals surface area contributed by atoms with Gasteiger partial charge in [0.25, 0.3) is 0 Å². The van der Waals surface area contributed by atoms with Gasteiger partial charge in [0.15, 0.2) is 0 Å². The highest BCUT2D eigenvalue weighted by atomic mass is 16.5. The number of aliphatic carboxylic acids is 2. The van der Waals surface area contributed by atoms with Gasteiger partial charge in [-0.3, -0.25) is 4.90 Å². The third kappa shape index (κ3) is 7.24. The molecule has 1 saturated heterocycles. The number of piperidine rings is 1. The normalized spacial score (nSPS) is 13.6. The molecule has 2 aromatic carbocycles. The van der Waals surface area contributed by atoms with E-state index in [9.17, 15) is 0 Å². The molecule has 2 N–H and O–H groups in total. The second-order valence-electron chi connectivity index (χ2n) is 7.52. The first kappa shape index (κ1) is 23.0. The SMILES string of the molecule is O=C(O)C(=O)O.c1cn(-c2ccc(OCc3ccc(CN4CCCCC4)cc3)cc2)cn1. The van der Waals surface area contributed by atoms with Crippen molar-refractivity contribution in [2.45, 2.75) is 32.4 Å². The summed E-state index contributed by atoms with van der Waals surface area (Å²) in [5.41, 5.74) is 3.67. The van der Waals surface area contributed by atoms with Crippen LogP contribution in [-0.2, 0) is 22.7 Å². The summed E-state index contributed by atoms with van der Waals surface area (Å²) in [6.45, 7) is 4.13. The average molecular weight is 437 g/mol. The van der Waals surface area contributed by atoms with Gasteiger partial charge in [0, 0.05) is 24.6 Å². The van der Waals surface area contributed by atoms with E-state index in [0.717, 1.165) is 18.0 Å². The van der Waals surface area contributed by atoms with Gasteiger partial charge >= 0.3 is 11.9 Å². The number of carboxylic acid groups (broad SMARTS) is 2. The maximum absolute atomic E-state index is 9.10. The fourth-order valence-corrected chi connectivity index (χ4v) is 3.41. The van der Waals surface area contributed by atoms with Crippen LogP contribution >= 0.6 is 0 Å². The first-order valence-electron chi connectivity index (χ1n) is 10.5. The van der Waals surface area contributed by atoms with E-state index < -0.39 is 11.9 Å². The smallest absolute Gasteiger partial charge is 0.414 e. The molecule has 8 nitrogen and oxygen atoms in total. The minimum Gasteiger partial charge on any atom is -0.489 e. The number of ether oxygens (including phenoxy) is 1. The largest absolute Gasteiger partial charge is 0.489 e. The molecule has 168 valence electrons. The predicted octanol–water partition coefficient (Wildman–Crippen LogP) is 3.59. The van der Waals surface area contributed by atoms with E-state index in [1.54, 1.807) is 12.5 Å². The summed E-state index contributed by atoms with van der Waals surface area (Å²) in [7, 11) is 0. The van der Waals surface area contributed by atoms with Crippen LogP contribution in [0.25, 0.3) is 5.69 Å². The summed E-state index contributed by atoms with van der Waals surface area (Å²) in [6, 6.07) is 16.9. The fraction of sp³-hybridized carbons (Fsp3) is 0.292. The molecule has 1 aromatic heterocycles. The van der Waals surface area contributed by atoms with Crippen LogP contribution in [0.2, 0.25) is 0 Å². The molecule has 3 aromatic rings. The second-order valence-corrected chi connectivity index (χ2v) is 7.52. The third-order valence-electron chi connectivity index (χ3n) is 5.11. The van der Waals surface area contributed by atoms with Gasteiger partial charge in [0.1, 0.15) is 12.4 Å². The van der Waals surface area contributed by atoms with E-state index >= 15 is 0 Å². The van der Waals surface area contributed by atoms with E-state index in [1.807, 2.05) is 35.0 Å².